The molecule has 0 spiro atoms. The van der Waals surface area contributed by atoms with E-state index < -0.39 is 4.92 Å². The molecule has 16 heavy (non-hydrogen) atoms. The van der Waals surface area contributed by atoms with Crippen molar-refractivity contribution in [3.63, 3.8) is 0 Å². The lowest BCUT2D eigenvalue weighted by Crippen LogP contribution is -2.05. The molecule has 2 aromatic heterocycles. The van der Waals surface area contributed by atoms with Gasteiger partial charge in [-0.25, -0.2) is 9.97 Å². The molecule has 2 heterocycles. The topological polar surface area (TPSA) is 113 Å². The number of rotatable bonds is 2. The molecule has 82 valence electrons. The van der Waals surface area contributed by atoms with Crippen molar-refractivity contribution < 1.29 is 4.92 Å². The van der Waals surface area contributed by atoms with Crippen LogP contribution in [-0.4, -0.2) is 24.7 Å². The van der Waals surface area contributed by atoms with Gasteiger partial charge in [0.1, 0.15) is 12.5 Å². The molecular weight excluding hydrogens is 212 g/mol. The number of hydrogen-bond acceptors (Lipinski definition) is 6. The van der Waals surface area contributed by atoms with Crippen LogP contribution in [0, 0.1) is 17.0 Å². The Morgan fingerprint density at radius 3 is 2.81 bits per heavy atom. The molecule has 0 bridgehead atoms. The SMILES string of the molecule is Cc1cc(-n2ncc([N+](=O)[O-])c2N)ncn1. The third-order valence-electron chi connectivity index (χ3n) is 1.99. The maximum absolute atomic E-state index is 10.6. The second kappa shape index (κ2) is 3.57. The van der Waals surface area contributed by atoms with E-state index in [0.717, 1.165) is 11.9 Å². The van der Waals surface area contributed by atoms with Crippen molar-refractivity contribution in [1.29, 1.82) is 0 Å². The van der Waals surface area contributed by atoms with Crippen LogP contribution in [0.1, 0.15) is 5.69 Å². The monoisotopic (exact) mass is 220 g/mol. The highest BCUT2D eigenvalue weighted by Gasteiger charge is 2.18. The Morgan fingerprint density at radius 2 is 2.25 bits per heavy atom. The van der Waals surface area contributed by atoms with E-state index >= 15 is 0 Å². The zero-order valence-corrected chi connectivity index (χ0v) is 8.36. The summed E-state index contributed by atoms with van der Waals surface area (Å²) in [6.07, 6.45) is 2.43. The highest BCUT2D eigenvalue weighted by Crippen LogP contribution is 2.22. The number of aryl methyl sites for hydroxylation is 1. The van der Waals surface area contributed by atoms with E-state index in [1.165, 1.54) is 11.0 Å². The van der Waals surface area contributed by atoms with Gasteiger partial charge >= 0.3 is 5.69 Å². The first kappa shape index (κ1) is 10.0. The first-order valence-electron chi connectivity index (χ1n) is 4.36. The molecule has 0 fully saturated rings. The fraction of sp³-hybridized carbons (Fsp3) is 0.125. The quantitative estimate of drug-likeness (QED) is 0.581. The summed E-state index contributed by atoms with van der Waals surface area (Å²) in [5.41, 5.74) is 6.07. The highest BCUT2D eigenvalue weighted by molar-refractivity contribution is 5.54. The first-order chi connectivity index (χ1) is 7.59. The number of nitrogen functional groups attached to an aromatic ring is 1. The third kappa shape index (κ3) is 1.56. The maximum Gasteiger partial charge on any atom is 0.331 e. The van der Waals surface area contributed by atoms with E-state index in [1.807, 2.05) is 0 Å². The van der Waals surface area contributed by atoms with Crippen LogP contribution in [0.2, 0.25) is 0 Å². The lowest BCUT2D eigenvalue weighted by Gasteiger charge is -2.01. The van der Waals surface area contributed by atoms with Gasteiger partial charge < -0.3 is 5.73 Å². The van der Waals surface area contributed by atoms with Gasteiger partial charge in [0.15, 0.2) is 5.82 Å². The van der Waals surface area contributed by atoms with Gasteiger partial charge in [0.25, 0.3) is 0 Å². The molecule has 8 heteroatoms. The Hall–Kier alpha value is -2.51. The molecule has 0 aliphatic rings. The largest absolute Gasteiger partial charge is 0.378 e. The smallest absolute Gasteiger partial charge is 0.331 e. The second-order valence-corrected chi connectivity index (χ2v) is 3.10. The maximum atomic E-state index is 10.6. The Bertz CT molecular complexity index is 549. The standard InChI is InChI=1S/C8H8N6O2/c1-5-2-7(11-4-10-5)13-8(9)6(3-12-13)14(15)16/h2-4H,9H2,1H3. The normalized spacial score (nSPS) is 10.3. The number of aromatic nitrogens is 4. The zero-order chi connectivity index (χ0) is 11.7. The zero-order valence-electron chi connectivity index (χ0n) is 8.36. The fourth-order valence-corrected chi connectivity index (χ4v) is 1.23. The average Bonchev–Trinajstić information content (AvgIpc) is 2.60. The summed E-state index contributed by atoms with van der Waals surface area (Å²) < 4.78 is 1.20. The van der Waals surface area contributed by atoms with E-state index in [2.05, 4.69) is 15.1 Å². The molecule has 0 unspecified atom stereocenters. The van der Waals surface area contributed by atoms with Crippen LogP contribution in [0.15, 0.2) is 18.6 Å². The molecule has 0 saturated heterocycles. The summed E-state index contributed by atoms with van der Waals surface area (Å²) in [6, 6.07) is 1.63. The van der Waals surface area contributed by atoms with Gasteiger partial charge in [-0.2, -0.15) is 9.78 Å². The van der Waals surface area contributed by atoms with E-state index in [-0.39, 0.29) is 11.5 Å². The van der Waals surface area contributed by atoms with Gasteiger partial charge in [0.05, 0.1) is 4.92 Å². The molecule has 0 aliphatic carbocycles. The number of nitrogens with zero attached hydrogens (tertiary/aromatic N) is 5. The number of anilines is 1. The van der Waals surface area contributed by atoms with Crippen LogP contribution >= 0.6 is 0 Å². The van der Waals surface area contributed by atoms with Crippen molar-refractivity contribution in [3.05, 3.63) is 34.4 Å². The molecule has 2 aromatic rings. The van der Waals surface area contributed by atoms with E-state index in [4.69, 9.17) is 5.73 Å². The van der Waals surface area contributed by atoms with Gasteiger partial charge in [0.2, 0.25) is 5.82 Å². The number of hydrogen-bond donors (Lipinski definition) is 1. The lowest BCUT2D eigenvalue weighted by atomic mass is 10.4. The summed E-state index contributed by atoms with van der Waals surface area (Å²) in [5.74, 6) is 0.348. The van der Waals surface area contributed by atoms with E-state index in [0.29, 0.717) is 5.82 Å². The fourth-order valence-electron chi connectivity index (χ4n) is 1.23. The lowest BCUT2D eigenvalue weighted by molar-refractivity contribution is -0.383. The van der Waals surface area contributed by atoms with Gasteiger partial charge in [-0.05, 0) is 6.92 Å². The summed E-state index contributed by atoms with van der Waals surface area (Å²) in [4.78, 5) is 17.8. The Kier molecular flexibility index (Phi) is 2.24. The number of nitrogens with two attached hydrogens (primary N) is 1. The van der Waals surface area contributed by atoms with Crippen LogP contribution in [0.25, 0.3) is 5.82 Å². The molecule has 0 aromatic carbocycles. The molecule has 2 rings (SSSR count). The van der Waals surface area contributed by atoms with Crippen LogP contribution in [0.4, 0.5) is 11.5 Å². The van der Waals surface area contributed by atoms with Crippen LogP contribution in [0.3, 0.4) is 0 Å². The van der Waals surface area contributed by atoms with Crippen molar-refractivity contribution in [1.82, 2.24) is 19.7 Å². The molecule has 0 amide bonds. The Balaban J connectivity index is 2.53. The molecule has 8 nitrogen and oxygen atoms in total. The summed E-state index contributed by atoms with van der Waals surface area (Å²) in [7, 11) is 0. The minimum absolute atomic E-state index is 0.0527. The van der Waals surface area contributed by atoms with Crippen LogP contribution in [0.5, 0.6) is 0 Å². The summed E-state index contributed by atoms with van der Waals surface area (Å²) in [6.45, 7) is 1.78. The minimum atomic E-state index is -0.590. The molecule has 2 N–H and O–H groups in total. The van der Waals surface area contributed by atoms with E-state index in [9.17, 15) is 10.1 Å². The summed E-state index contributed by atoms with van der Waals surface area (Å²) in [5, 5.41) is 14.4. The highest BCUT2D eigenvalue weighted by atomic mass is 16.6. The number of nitro groups is 1. The molecular formula is C8H8N6O2. The van der Waals surface area contributed by atoms with Crippen LogP contribution in [-0.2, 0) is 0 Å². The molecule has 0 radical (unpaired) electrons. The third-order valence-corrected chi connectivity index (χ3v) is 1.99. The second-order valence-electron chi connectivity index (χ2n) is 3.10. The first-order valence-corrected chi connectivity index (χ1v) is 4.36. The van der Waals surface area contributed by atoms with E-state index in [1.54, 1.807) is 13.0 Å². The van der Waals surface area contributed by atoms with Crippen molar-refractivity contribution in [2.24, 2.45) is 0 Å². The predicted octanol–water partition coefficient (Wildman–Crippen LogP) is 0.461. The van der Waals surface area contributed by atoms with Crippen molar-refractivity contribution in [2.75, 3.05) is 5.73 Å². The van der Waals surface area contributed by atoms with Crippen molar-refractivity contribution in [2.45, 2.75) is 6.92 Å². The molecule has 0 saturated carbocycles. The Morgan fingerprint density at radius 1 is 1.50 bits per heavy atom. The Labute approximate surface area is 89.9 Å². The average molecular weight is 220 g/mol. The van der Waals surface area contributed by atoms with Crippen molar-refractivity contribution in [3.8, 4) is 5.82 Å². The minimum Gasteiger partial charge on any atom is -0.378 e. The van der Waals surface area contributed by atoms with Gasteiger partial charge in [0, 0.05) is 11.8 Å². The van der Waals surface area contributed by atoms with Crippen molar-refractivity contribution >= 4 is 11.5 Å². The summed E-state index contributed by atoms with van der Waals surface area (Å²) >= 11 is 0. The predicted molar refractivity (Wildman–Crippen MR) is 55.0 cm³/mol. The van der Waals surface area contributed by atoms with Crippen LogP contribution < -0.4 is 5.73 Å². The van der Waals surface area contributed by atoms with Gasteiger partial charge in [-0.1, -0.05) is 0 Å². The molecule has 0 aliphatic heterocycles. The van der Waals surface area contributed by atoms with Gasteiger partial charge in [-0.3, -0.25) is 10.1 Å². The van der Waals surface area contributed by atoms with Gasteiger partial charge in [-0.15, -0.1) is 0 Å². The molecule has 0 atom stereocenters.